The minimum atomic E-state index is -0.514. The number of fused-ring (bicyclic) bond motifs is 1. The zero-order valence-corrected chi connectivity index (χ0v) is 17.1. The highest BCUT2D eigenvalue weighted by Gasteiger charge is 2.18. The van der Waals surface area contributed by atoms with Gasteiger partial charge in [-0.1, -0.05) is 36.4 Å². The largest absolute Gasteiger partial charge is 0.373 e. The van der Waals surface area contributed by atoms with Crippen LogP contribution < -0.4 is 16.0 Å². The second-order valence-electron chi connectivity index (χ2n) is 7.17. The molecule has 1 amide bonds. The van der Waals surface area contributed by atoms with Crippen molar-refractivity contribution in [1.29, 1.82) is 0 Å². The minimum absolute atomic E-state index is 0.377. The Bertz CT molecular complexity index is 1220. The number of amides is 1. The summed E-state index contributed by atoms with van der Waals surface area (Å²) >= 11 is 0. The van der Waals surface area contributed by atoms with Gasteiger partial charge >= 0.3 is 0 Å². The zero-order chi connectivity index (χ0) is 21.3. The van der Waals surface area contributed by atoms with E-state index in [-0.39, 0.29) is 0 Å². The summed E-state index contributed by atoms with van der Waals surface area (Å²) in [5.41, 5.74) is 9.19. The van der Waals surface area contributed by atoms with Crippen LogP contribution in [0.5, 0.6) is 0 Å². The van der Waals surface area contributed by atoms with E-state index < -0.39 is 5.91 Å². The molecule has 0 fully saturated rings. The van der Waals surface area contributed by atoms with Crippen LogP contribution >= 0.6 is 0 Å². The number of nitrogens with zero attached hydrogens (tertiary/aromatic N) is 5. The fourth-order valence-electron chi connectivity index (χ4n) is 3.38. The Labute approximate surface area is 174 Å². The summed E-state index contributed by atoms with van der Waals surface area (Å²) in [6.07, 6.45) is 1.78. The van der Waals surface area contributed by atoms with Gasteiger partial charge in [-0.05, 0) is 24.6 Å². The van der Waals surface area contributed by atoms with Gasteiger partial charge in [-0.15, -0.1) is 0 Å². The van der Waals surface area contributed by atoms with E-state index >= 15 is 0 Å². The quantitative estimate of drug-likeness (QED) is 0.515. The topological polar surface area (TPSA) is 102 Å². The molecule has 2 heterocycles. The zero-order valence-electron chi connectivity index (χ0n) is 17.1. The Balaban J connectivity index is 1.79. The maximum Gasteiger partial charge on any atom is 0.250 e. The van der Waals surface area contributed by atoms with Crippen LogP contribution in [0.1, 0.15) is 21.7 Å². The van der Waals surface area contributed by atoms with Crippen molar-refractivity contribution in [3.8, 4) is 5.95 Å². The Morgan fingerprint density at radius 2 is 1.87 bits per heavy atom. The third kappa shape index (κ3) is 3.55. The first kappa shape index (κ1) is 19.4. The Kier molecular flexibility index (Phi) is 5.05. The average Bonchev–Trinajstić information content (AvgIpc) is 3.08. The lowest BCUT2D eigenvalue weighted by Gasteiger charge is -2.18. The molecule has 152 valence electrons. The lowest BCUT2D eigenvalue weighted by Crippen LogP contribution is -2.16. The number of carbonyl (C=O) groups is 1. The van der Waals surface area contributed by atoms with Crippen molar-refractivity contribution < 1.29 is 4.79 Å². The number of nitrogens with one attached hydrogen (secondary N) is 1. The Morgan fingerprint density at radius 3 is 2.57 bits per heavy atom. The van der Waals surface area contributed by atoms with E-state index in [1.54, 1.807) is 18.3 Å². The number of carbonyl (C=O) groups excluding carboxylic acids is 1. The average molecular weight is 401 g/mol. The number of hydrogen-bond donors (Lipinski definition) is 2. The molecule has 0 unspecified atom stereocenters. The maximum absolute atomic E-state index is 11.8. The molecular formula is C22H23N7O. The van der Waals surface area contributed by atoms with Crippen LogP contribution in [0.4, 0.5) is 11.5 Å². The lowest BCUT2D eigenvalue weighted by atomic mass is 10.2. The van der Waals surface area contributed by atoms with Crippen LogP contribution in [0.25, 0.3) is 17.0 Å². The molecule has 0 radical (unpaired) electrons. The van der Waals surface area contributed by atoms with Gasteiger partial charge in [-0.3, -0.25) is 9.36 Å². The van der Waals surface area contributed by atoms with E-state index in [0.29, 0.717) is 35.2 Å². The lowest BCUT2D eigenvalue weighted by molar-refractivity contribution is 0.100. The molecule has 0 aliphatic heterocycles. The van der Waals surface area contributed by atoms with Crippen LogP contribution in [0.15, 0.2) is 54.7 Å². The number of aryl methyl sites for hydroxylation is 1. The first-order valence-corrected chi connectivity index (χ1v) is 9.56. The molecule has 0 saturated carbocycles. The number of hydrogen-bond acceptors (Lipinski definition) is 6. The van der Waals surface area contributed by atoms with Gasteiger partial charge in [0.25, 0.3) is 5.91 Å². The molecule has 2 aromatic heterocycles. The van der Waals surface area contributed by atoms with Crippen LogP contribution in [0, 0.1) is 6.92 Å². The monoisotopic (exact) mass is 401 g/mol. The molecule has 0 bridgehead atoms. The predicted molar refractivity (Wildman–Crippen MR) is 118 cm³/mol. The summed E-state index contributed by atoms with van der Waals surface area (Å²) in [7, 11) is 3.89. The highest BCUT2D eigenvalue weighted by atomic mass is 16.1. The third-order valence-corrected chi connectivity index (χ3v) is 4.86. The fourth-order valence-corrected chi connectivity index (χ4v) is 3.38. The van der Waals surface area contributed by atoms with Crippen LogP contribution in [-0.2, 0) is 6.54 Å². The molecule has 0 saturated heterocycles. The van der Waals surface area contributed by atoms with E-state index in [9.17, 15) is 4.79 Å². The van der Waals surface area contributed by atoms with E-state index in [4.69, 9.17) is 10.7 Å². The number of rotatable bonds is 6. The second-order valence-corrected chi connectivity index (χ2v) is 7.17. The van der Waals surface area contributed by atoms with Crippen molar-refractivity contribution in [3.63, 3.8) is 0 Å². The molecule has 3 N–H and O–H groups in total. The fraction of sp³-hybridized carbons (Fsp3) is 0.182. The van der Waals surface area contributed by atoms with Gasteiger partial charge in [0, 0.05) is 20.6 Å². The van der Waals surface area contributed by atoms with Crippen molar-refractivity contribution in [2.75, 3.05) is 24.3 Å². The molecule has 8 heteroatoms. The van der Waals surface area contributed by atoms with E-state index in [0.717, 1.165) is 16.8 Å². The van der Waals surface area contributed by atoms with Crippen molar-refractivity contribution in [2.45, 2.75) is 13.5 Å². The SMILES string of the molecule is Cc1nc2c(C(N)=O)cccc2n1-c1ncc(N(C)C)c(NCc2ccccc2)n1. The molecule has 0 spiro atoms. The van der Waals surface area contributed by atoms with Gasteiger partial charge in [0.15, 0.2) is 5.82 Å². The number of nitrogens with two attached hydrogens (primary N) is 1. The van der Waals surface area contributed by atoms with Gasteiger partial charge in [-0.25, -0.2) is 9.97 Å². The first-order chi connectivity index (χ1) is 14.5. The smallest absolute Gasteiger partial charge is 0.250 e. The van der Waals surface area contributed by atoms with E-state index in [1.165, 1.54) is 0 Å². The number of para-hydroxylation sites is 1. The molecular weight excluding hydrogens is 378 g/mol. The standard InChI is InChI=1S/C22H23N7O/c1-14-26-19-16(20(23)30)10-7-11-17(19)29(14)22-25-13-18(28(2)3)21(27-22)24-12-15-8-5-4-6-9-15/h4-11,13H,12H2,1-3H3,(H2,23,30)(H,24,25,27). The summed E-state index contributed by atoms with van der Waals surface area (Å²) < 4.78 is 1.83. The first-order valence-electron chi connectivity index (χ1n) is 9.56. The van der Waals surface area contributed by atoms with E-state index in [2.05, 4.69) is 27.4 Å². The molecule has 0 atom stereocenters. The summed E-state index contributed by atoms with van der Waals surface area (Å²) in [6.45, 7) is 2.48. The summed E-state index contributed by atoms with van der Waals surface area (Å²) in [4.78, 5) is 27.6. The second kappa shape index (κ2) is 7.82. The van der Waals surface area contributed by atoms with E-state index in [1.807, 2.05) is 54.8 Å². The Morgan fingerprint density at radius 1 is 1.10 bits per heavy atom. The Hall–Kier alpha value is -3.94. The molecule has 4 rings (SSSR count). The summed E-state index contributed by atoms with van der Waals surface area (Å²) in [5.74, 6) is 1.34. The van der Waals surface area contributed by atoms with Crippen LogP contribution in [0.3, 0.4) is 0 Å². The van der Waals surface area contributed by atoms with Gasteiger partial charge < -0.3 is 16.0 Å². The number of imidazole rings is 1. The molecule has 0 aliphatic carbocycles. The number of anilines is 2. The predicted octanol–water partition coefficient (Wildman–Crippen LogP) is 2.90. The van der Waals surface area contributed by atoms with Crippen molar-refractivity contribution in [3.05, 3.63) is 71.7 Å². The minimum Gasteiger partial charge on any atom is -0.373 e. The number of primary amides is 1. The highest BCUT2D eigenvalue weighted by molar-refractivity contribution is 6.04. The number of benzene rings is 2. The van der Waals surface area contributed by atoms with Crippen molar-refractivity contribution in [2.24, 2.45) is 5.73 Å². The van der Waals surface area contributed by atoms with Crippen LogP contribution in [0.2, 0.25) is 0 Å². The maximum atomic E-state index is 11.8. The highest BCUT2D eigenvalue weighted by Crippen LogP contribution is 2.26. The van der Waals surface area contributed by atoms with Gasteiger partial charge in [-0.2, -0.15) is 4.98 Å². The summed E-state index contributed by atoms with van der Waals surface area (Å²) in [6, 6.07) is 15.5. The summed E-state index contributed by atoms with van der Waals surface area (Å²) in [5, 5.41) is 3.41. The van der Waals surface area contributed by atoms with Crippen molar-refractivity contribution in [1.82, 2.24) is 19.5 Å². The van der Waals surface area contributed by atoms with Gasteiger partial charge in [0.2, 0.25) is 5.95 Å². The molecule has 0 aliphatic rings. The van der Waals surface area contributed by atoms with Crippen molar-refractivity contribution >= 4 is 28.4 Å². The number of aromatic nitrogens is 4. The molecule has 30 heavy (non-hydrogen) atoms. The van der Waals surface area contributed by atoms with Crippen LogP contribution in [-0.4, -0.2) is 39.5 Å². The molecule has 2 aromatic carbocycles. The normalized spacial score (nSPS) is 10.9. The van der Waals surface area contributed by atoms with Gasteiger partial charge in [0.1, 0.15) is 11.3 Å². The molecule has 4 aromatic rings. The third-order valence-electron chi connectivity index (χ3n) is 4.86. The molecule has 8 nitrogen and oxygen atoms in total. The van der Waals surface area contributed by atoms with Gasteiger partial charge in [0.05, 0.1) is 23.0 Å².